The smallest absolute Gasteiger partial charge is 0.409 e. The highest BCUT2D eigenvalue weighted by Gasteiger charge is 2.40. The third-order valence-electron chi connectivity index (χ3n) is 6.25. The van der Waals surface area contributed by atoms with Crippen LogP contribution < -0.4 is 16.0 Å². The number of likely N-dealkylation sites (tertiary alicyclic amines) is 1. The summed E-state index contributed by atoms with van der Waals surface area (Å²) in [5.41, 5.74) is -2.00. The molecule has 2 atom stereocenters. The van der Waals surface area contributed by atoms with Gasteiger partial charge in [-0.1, -0.05) is 13.3 Å². The van der Waals surface area contributed by atoms with Crippen molar-refractivity contribution < 1.29 is 29.0 Å². The van der Waals surface area contributed by atoms with Gasteiger partial charge in [-0.25, -0.2) is 9.59 Å². The number of piperidine rings is 2. The van der Waals surface area contributed by atoms with E-state index in [0.717, 1.165) is 38.8 Å². The molecule has 0 aliphatic carbocycles. The second-order valence-electron chi connectivity index (χ2n) is 8.94. The van der Waals surface area contributed by atoms with Crippen LogP contribution >= 0.6 is 0 Å². The molecule has 4 N–H and O–H groups in total. The second kappa shape index (κ2) is 12.6. The van der Waals surface area contributed by atoms with E-state index in [1.807, 2.05) is 6.92 Å². The maximum absolute atomic E-state index is 12.8. The molecule has 0 aromatic carbocycles. The van der Waals surface area contributed by atoms with E-state index in [-0.39, 0.29) is 19.1 Å². The Hall–Kier alpha value is -2.36. The van der Waals surface area contributed by atoms with Crippen LogP contribution in [0.25, 0.3) is 0 Å². The van der Waals surface area contributed by atoms with Crippen LogP contribution in [0.4, 0.5) is 4.79 Å². The number of carbonyl (C=O) groups excluding carboxylic acids is 3. The van der Waals surface area contributed by atoms with Crippen molar-refractivity contribution in [3.63, 3.8) is 0 Å². The predicted molar refractivity (Wildman–Crippen MR) is 118 cm³/mol. The minimum Gasteiger partial charge on any atom is -0.478 e. The van der Waals surface area contributed by atoms with Crippen molar-refractivity contribution >= 4 is 23.9 Å². The average molecular weight is 455 g/mol. The van der Waals surface area contributed by atoms with Crippen molar-refractivity contribution in [3.8, 4) is 0 Å². The number of carbonyl (C=O) groups is 4. The second-order valence-corrected chi connectivity index (χ2v) is 8.94. The lowest BCUT2D eigenvalue weighted by molar-refractivity contribution is -0.149. The van der Waals surface area contributed by atoms with Gasteiger partial charge in [0, 0.05) is 19.5 Å². The van der Waals surface area contributed by atoms with Gasteiger partial charge < -0.3 is 25.4 Å². The van der Waals surface area contributed by atoms with Gasteiger partial charge in [-0.05, 0) is 64.5 Å². The molecule has 182 valence electrons. The third-order valence-corrected chi connectivity index (χ3v) is 6.25. The van der Waals surface area contributed by atoms with Gasteiger partial charge in [0.05, 0.1) is 12.5 Å². The first kappa shape index (κ1) is 25.9. The Labute approximate surface area is 189 Å². The van der Waals surface area contributed by atoms with Crippen molar-refractivity contribution in [3.05, 3.63) is 0 Å². The van der Waals surface area contributed by atoms with Crippen LogP contribution in [-0.4, -0.2) is 72.3 Å². The molecule has 0 aromatic heterocycles. The van der Waals surface area contributed by atoms with Gasteiger partial charge in [0.15, 0.2) is 0 Å². The van der Waals surface area contributed by atoms with E-state index in [0.29, 0.717) is 38.1 Å². The number of amides is 3. The summed E-state index contributed by atoms with van der Waals surface area (Å²) in [6, 6.07) is 0. The molecule has 1 unspecified atom stereocenters. The van der Waals surface area contributed by atoms with Gasteiger partial charge in [0.2, 0.25) is 17.5 Å². The lowest BCUT2D eigenvalue weighted by atomic mass is 9.92. The van der Waals surface area contributed by atoms with Crippen LogP contribution in [0.15, 0.2) is 0 Å². The predicted octanol–water partition coefficient (Wildman–Crippen LogP) is 1.45. The van der Waals surface area contributed by atoms with Crippen LogP contribution in [0.2, 0.25) is 0 Å². The Kier molecular flexibility index (Phi) is 10.2. The highest BCUT2D eigenvalue weighted by Crippen LogP contribution is 2.22. The number of hydrogen-bond donors (Lipinski definition) is 4. The van der Waals surface area contributed by atoms with Gasteiger partial charge in [0.25, 0.3) is 0 Å². The monoisotopic (exact) mass is 454 g/mol. The number of aliphatic carboxylic acids is 1. The van der Waals surface area contributed by atoms with Gasteiger partial charge in [-0.3, -0.25) is 14.9 Å². The lowest BCUT2D eigenvalue weighted by Gasteiger charge is -2.35. The zero-order valence-corrected chi connectivity index (χ0v) is 19.3. The summed E-state index contributed by atoms with van der Waals surface area (Å²) in [7, 11) is 0. The molecular weight excluding hydrogens is 416 g/mol. The minimum absolute atomic E-state index is 0.0413. The fraction of sp³-hybridized carbons (Fsp3) is 0.818. The molecule has 10 nitrogen and oxygen atoms in total. The zero-order chi connectivity index (χ0) is 23.6. The van der Waals surface area contributed by atoms with E-state index in [4.69, 9.17) is 4.74 Å². The van der Waals surface area contributed by atoms with Crippen LogP contribution in [0, 0.1) is 11.8 Å². The van der Waals surface area contributed by atoms with Gasteiger partial charge in [-0.15, -0.1) is 0 Å². The molecule has 2 fully saturated rings. The summed E-state index contributed by atoms with van der Waals surface area (Å²) in [5, 5.41) is 17.6. The number of ether oxygens (including phenoxy) is 1. The standard InChI is InChI=1S/C22H38N4O6/c1-3-4-14-32-21(31)25-22(2,20(29)30)24-19(28)17-6-5-13-26(15-17)18(27)8-7-16-9-11-23-12-10-16/h16-17,23H,3-15H2,1-2H3,(H,24,28)(H,25,31)(H,29,30)/t17?,22-/m1/s1. The largest absolute Gasteiger partial charge is 0.478 e. The van der Waals surface area contributed by atoms with Crippen molar-refractivity contribution in [2.45, 2.75) is 70.9 Å². The summed E-state index contributed by atoms with van der Waals surface area (Å²) < 4.78 is 4.96. The Morgan fingerprint density at radius 2 is 1.88 bits per heavy atom. The first-order chi connectivity index (χ1) is 15.2. The summed E-state index contributed by atoms with van der Waals surface area (Å²) in [5.74, 6) is -1.82. The molecule has 2 aliphatic heterocycles. The number of nitrogens with one attached hydrogen (secondary N) is 3. The van der Waals surface area contributed by atoms with E-state index in [2.05, 4.69) is 16.0 Å². The fourth-order valence-electron chi connectivity index (χ4n) is 4.11. The summed E-state index contributed by atoms with van der Waals surface area (Å²) in [6.07, 6.45) is 5.31. The molecule has 2 aliphatic rings. The Balaban J connectivity index is 1.87. The highest BCUT2D eigenvalue weighted by atomic mass is 16.5. The molecule has 3 amide bonds. The number of carboxylic acid groups (broad SMARTS) is 1. The lowest BCUT2D eigenvalue weighted by Crippen LogP contribution is -2.65. The first-order valence-corrected chi connectivity index (χ1v) is 11.7. The SMILES string of the molecule is CCCCOC(=O)N[C@@](C)(NC(=O)C1CCCN(C(=O)CCC2CCNCC2)C1)C(=O)O. The molecule has 10 heteroatoms. The number of carboxylic acids is 1. The number of unbranched alkanes of at least 4 members (excludes halogenated alkanes) is 1. The average Bonchev–Trinajstić information content (AvgIpc) is 2.78. The number of alkyl carbamates (subject to hydrolysis) is 1. The molecule has 0 radical (unpaired) electrons. The van der Waals surface area contributed by atoms with E-state index < -0.39 is 29.6 Å². The quantitative estimate of drug-likeness (QED) is 0.290. The Morgan fingerprint density at radius 3 is 2.53 bits per heavy atom. The Morgan fingerprint density at radius 1 is 1.16 bits per heavy atom. The van der Waals surface area contributed by atoms with Gasteiger partial charge >= 0.3 is 12.1 Å². The van der Waals surface area contributed by atoms with Gasteiger partial charge in [0.1, 0.15) is 0 Å². The Bertz CT molecular complexity index is 667. The van der Waals surface area contributed by atoms with Gasteiger partial charge in [-0.2, -0.15) is 0 Å². The van der Waals surface area contributed by atoms with E-state index in [1.165, 1.54) is 6.92 Å². The molecule has 0 saturated carbocycles. The van der Waals surface area contributed by atoms with Crippen LogP contribution in [0.3, 0.4) is 0 Å². The molecule has 2 rings (SSSR count). The van der Waals surface area contributed by atoms with Crippen molar-refractivity contribution in [1.29, 1.82) is 0 Å². The molecule has 32 heavy (non-hydrogen) atoms. The maximum Gasteiger partial charge on any atom is 0.409 e. The van der Waals surface area contributed by atoms with Crippen molar-refractivity contribution in [2.24, 2.45) is 11.8 Å². The maximum atomic E-state index is 12.8. The molecule has 2 saturated heterocycles. The molecule has 0 spiro atoms. The summed E-state index contributed by atoms with van der Waals surface area (Å²) >= 11 is 0. The fourth-order valence-corrected chi connectivity index (χ4v) is 4.11. The third kappa shape index (κ3) is 7.96. The van der Waals surface area contributed by atoms with E-state index >= 15 is 0 Å². The number of hydrogen-bond acceptors (Lipinski definition) is 6. The van der Waals surface area contributed by atoms with E-state index in [1.54, 1.807) is 4.90 Å². The van der Waals surface area contributed by atoms with Crippen LogP contribution in [0.5, 0.6) is 0 Å². The summed E-state index contributed by atoms with van der Waals surface area (Å²) in [4.78, 5) is 50.9. The minimum atomic E-state index is -2.00. The normalized spacial score (nSPS) is 21.3. The van der Waals surface area contributed by atoms with E-state index in [9.17, 15) is 24.3 Å². The molecular formula is C22H38N4O6. The van der Waals surface area contributed by atoms with Crippen molar-refractivity contribution in [1.82, 2.24) is 20.9 Å². The zero-order valence-electron chi connectivity index (χ0n) is 19.3. The molecule has 2 heterocycles. The topological polar surface area (TPSA) is 137 Å². The molecule has 0 aromatic rings. The van der Waals surface area contributed by atoms with Crippen molar-refractivity contribution in [2.75, 3.05) is 32.8 Å². The first-order valence-electron chi connectivity index (χ1n) is 11.7. The van der Waals surface area contributed by atoms with Crippen LogP contribution in [-0.2, 0) is 19.1 Å². The molecule has 0 bridgehead atoms. The van der Waals surface area contributed by atoms with Crippen LogP contribution in [0.1, 0.15) is 65.2 Å². The number of nitrogens with zero attached hydrogens (tertiary/aromatic N) is 1. The number of rotatable bonds is 10. The summed E-state index contributed by atoms with van der Waals surface area (Å²) in [6.45, 7) is 6.16. The highest BCUT2D eigenvalue weighted by molar-refractivity contribution is 5.90.